The van der Waals surface area contributed by atoms with E-state index in [0.29, 0.717) is 11.3 Å². The second-order valence-corrected chi connectivity index (χ2v) is 8.89. The van der Waals surface area contributed by atoms with Gasteiger partial charge in [-0.05, 0) is 37.6 Å². The van der Waals surface area contributed by atoms with Crippen LogP contribution in [0.25, 0.3) is 6.08 Å². The van der Waals surface area contributed by atoms with Crippen molar-refractivity contribution in [2.45, 2.75) is 36.6 Å². The topological polar surface area (TPSA) is 125 Å². The Morgan fingerprint density at radius 3 is 2.71 bits per heavy atom. The SMILES string of the molecule is CC1(C)[C@H](C(=O)O)N2C(=O)C(=Cc3cc(CO)ccn3)[C@H]2S1(=O)=O. The molecule has 3 rings (SSSR count). The third-order valence-electron chi connectivity index (χ3n) is 4.53. The number of carbonyl (C=O) groups is 2. The lowest BCUT2D eigenvalue weighted by Crippen LogP contribution is -2.58. The van der Waals surface area contributed by atoms with Gasteiger partial charge in [0, 0.05) is 6.20 Å². The highest BCUT2D eigenvalue weighted by atomic mass is 32.2. The summed E-state index contributed by atoms with van der Waals surface area (Å²) >= 11 is 0. The van der Waals surface area contributed by atoms with Gasteiger partial charge in [0.15, 0.2) is 21.3 Å². The monoisotopic (exact) mass is 352 g/mol. The number of amides is 1. The maximum absolute atomic E-state index is 12.7. The molecular weight excluding hydrogens is 336 g/mol. The number of pyridine rings is 1. The number of rotatable bonds is 3. The number of aliphatic hydroxyl groups is 1. The maximum Gasteiger partial charge on any atom is 0.328 e. The van der Waals surface area contributed by atoms with Crippen molar-refractivity contribution in [3.63, 3.8) is 0 Å². The van der Waals surface area contributed by atoms with Crippen molar-refractivity contribution in [1.29, 1.82) is 0 Å². The summed E-state index contributed by atoms with van der Waals surface area (Å²) in [4.78, 5) is 28.7. The lowest BCUT2D eigenvalue weighted by atomic mass is 9.95. The number of sulfone groups is 1. The van der Waals surface area contributed by atoms with Gasteiger partial charge in [-0.15, -0.1) is 0 Å². The van der Waals surface area contributed by atoms with Gasteiger partial charge in [0.05, 0.1) is 17.9 Å². The van der Waals surface area contributed by atoms with E-state index in [9.17, 15) is 23.1 Å². The van der Waals surface area contributed by atoms with E-state index < -0.39 is 37.9 Å². The van der Waals surface area contributed by atoms with Crippen LogP contribution in [0.15, 0.2) is 23.9 Å². The van der Waals surface area contributed by atoms with Crippen molar-refractivity contribution in [3.05, 3.63) is 35.2 Å². The van der Waals surface area contributed by atoms with E-state index in [1.54, 1.807) is 6.07 Å². The summed E-state index contributed by atoms with van der Waals surface area (Å²) < 4.78 is 23.8. The van der Waals surface area contributed by atoms with E-state index in [-0.39, 0.29) is 12.2 Å². The fraction of sp³-hybridized carbons (Fsp3) is 0.400. The average Bonchev–Trinajstić information content (AvgIpc) is 2.66. The third-order valence-corrected chi connectivity index (χ3v) is 7.29. The fourth-order valence-electron chi connectivity index (χ4n) is 3.17. The van der Waals surface area contributed by atoms with Crippen molar-refractivity contribution in [3.8, 4) is 0 Å². The van der Waals surface area contributed by atoms with Crippen molar-refractivity contribution in [2.75, 3.05) is 0 Å². The van der Waals surface area contributed by atoms with Crippen molar-refractivity contribution < 1.29 is 28.2 Å². The van der Waals surface area contributed by atoms with Gasteiger partial charge in [-0.25, -0.2) is 13.2 Å². The molecular formula is C15H16N2O6S. The molecule has 9 heteroatoms. The van der Waals surface area contributed by atoms with E-state index in [2.05, 4.69) is 4.98 Å². The van der Waals surface area contributed by atoms with Gasteiger partial charge in [-0.2, -0.15) is 0 Å². The van der Waals surface area contributed by atoms with Gasteiger partial charge in [0.25, 0.3) is 5.91 Å². The first-order valence-electron chi connectivity index (χ1n) is 7.19. The van der Waals surface area contributed by atoms with Crippen LogP contribution in [0, 0.1) is 0 Å². The fourth-order valence-corrected chi connectivity index (χ4v) is 5.29. The predicted octanol–water partition coefficient (Wildman–Crippen LogP) is -0.214. The van der Waals surface area contributed by atoms with Crippen LogP contribution in [0.1, 0.15) is 25.1 Å². The highest BCUT2D eigenvalue weighted by Crippen LogP contribution is 2.48. The maximum atomic E-state index is 12.7. The summed E-state index contributed by atoms with van der Waals surface area (Å²) in [5, 5.41) is 17.2. The van der Waals surface area contributed by atoms with Crippen LogP contribution in [0.5, 0.6) is 0 Å². The minimum atomic E-state index is -3.90. The number of fused-ring (bicyclic) bond motifs is 1. The normalized spacial score (nSPS) is 28.5. The van der Waals surface area contributed by atoms with Gasteiger partial charge in [-0.1, -0.05) is 0 Å². The van der Waals surface area contributed by atoms with Gasteiger partial charge in [0.1, 0.15) is 4.75 Å². The van der Waals surface area contributed by atoms with Crippen LogP contribution in [0.3, 0.4) is 0 Å². The number of hydrogen-bond donors (Lipinski definition) is 2. The van der Waals surface area contributed by atoms with Gasteiger partial charge in [-0.3, -0.25) is 9.78 Å². The molecule has 8 nitrogen and oxygen atoms in total. The minimum Gasteiger partial charge on any atom is -0.480 e. The minimum absolute atomic E-state index is 0.00517. The molecule has 0 unspecified atom stereocenters. The molecule has 0 spiro atoms. The van der Waals surface area contributed by atoms with Crippen LogP contribution in [-0.2, 0) is 26.0 Å². The number of aromatic nitrogens is 1. The van der Waals surface area contributed by atoms with Crippen molar-refractivity contribution >= 4 is 27.8 Å². The number of carboxylic acids is 1. The Bertz CT molecular complexity index is 874. The number of β-lactam (4-membered cyclic amide) rings is 1. The van der Waals surface area contributed by atoms with Gasteiger partial charge >= 0.3 is 5.97 Å². The molecule has 0 bridgehead atoms. The summed E-state index contributed by atoms with van der Waals surface area (Å²) in [6, 6.07) is 1.70. The molecule has 2 fully saturated rings. The molecule has 0 radical (unpaired) electrons. The number of carboxylic acid groups (broad SMARTS) is 1. The van der Waals surface area contributed by atoms with Crippen LogP contribution >= 0.6 is 0 Å². The van der Waals surface area contributed by atoms with E-state index in [1.165, 1.54) is 32.2 Å². The number of carbonyl (C=O) groups excluding carboxylic acids is 1. The molecule has 24 heavy (non-hydrogen) atoms. The standard InChI is InChI=1S/C15H16N2O6S/c1-15(2)11(14(20)21)17-12(19)10(13(17)24(15,22)23)6-9-5-8(7-18)3-4-16-9/h3-6,11,13,18H,7H2,1-2H3,(H,20,21)/t11-,13+/m0/s1. The Morgan fingerprint density at radius 2 is 2.12 bits per heavy atom. The molecule has 2 saturated heterocycles. The molecule has 1 amide bonds. The molecule has 3 heterocycles. The Balaban J connectivity index is 2.08. The molecule has 2 aliphatic rings. The summed E-state index contributed by atoms with van der Waals surface area (Å²) in [5.74, 6) is -1.98. The summed E-state index contributed by atoms with van der Waals surface area (Å²) in [6.07, 6.45) is 2.77. The van der Waals surface area contributed by atoms with E-state index in [1.807, 2.05) is 0 Å². The second kappa shape index (κ2) is 5.12. The number of aliphatic hydroxyl groups excluding tert-OH is 1. The second-order valence-electron chi connectivity index (χ2n) is 6.30. The quantitative estimate of drug-likeness (QED) is 0.569. The smallest absolute Gasteiger partial charge is 0.328 e. The van der Waals surface area contributed by atoms with Crippen LogP contribution in [-0.4, -0.2) is 56.6 Å². The molecule has 128 valence electrons. The Labute approximate surface area is 138 Å². The average molecular weight is 352 g/mol. The molecule has 0 aromatic carbocycles. The molecule has 2 aliphatic heterocycles. The number of aliphatic carboxylic acids is 1. The zero-order chi connectivity index (χ0) is 17.9. The first kappa shape index (κ1) is 16.6. The van der Waals surface area contributed by atoms with E-state index >= 15 is 0 Å². The summed E-state index contributed by atoms with van der Waals surface area (Å²) in [6.45, 7) is 2.42. The lowest BCUT2D eigenvalue weighted by Gasteiger charge is -2.37. The predicted molar refractivity (Wildman–Crippen MR) is 83.2 cm³/mol. The third kappa shape index (κ3) is 2.01. The van der Waals surface area contributed by atoms with Crippen LogP contribution in [0.2, 0.25) is 0 Å². The van der Waals surface area contributed by atoms with E-state index in [4.69, 9.17) is 5.11 Å². The molecule has 1 aromatic rings. The van der Waals surface area contributed by atoms with Gasteiger partial charge in [0.2, 0.25) is 0 Å². The highest BCUT2D eigenvalue weighted by molar-refractivity contribution is 7.94. The zero-order valence-corrected chi connectivity index (χ0v) is 13.8. The summed E-state index contributed by atoms with van der Waals surface area (Å²) in [7, 11) is -3.90. The Kier molecular flexibility index (Phi) is 3.54. The molecule has 0 aliphatic carbocycles. The van der Waals surface area contributed by atoms with Crippen LogP contribution < -0.4 is 0 Å². The number of hydrogen-bond acceptors (Lipinski definition) is 6. The van der Waals surface area contributed by atoms with Gasteiger partial charge < -0.3 is 15.1 Å². The summed E-state index contributed by atoms with van der Waals surface area (Å²) in [5.41, 5.74) is 0.893. The first-order valence-corrected chi connectivity index (χ1v) is 8.74. The Hall–Kier alpha value is -2.26. The van der Waals surface area contributed by atoms with Crippen molar-refractivity contribution in [1.82, 2.24) is 9.88 Å². The van der Waals surface area contributed by atoms with Crippen molar-refractivity contribution in [2.24, 2.45) is 0 Å². The highest BCUT2D eigenvalue weighted by Gasteiger charge is 2.70. The Morgan fingerprint density at radius 1 is 1.46 bits per heavy atom. The molecule has 1 aromatic heterocycles. The van der Waals surface area contributed by atoms with E-state index in [0.717, 1.165) is 4.90 Å². The number of nitrogens with zero attached hydrogens (tertiary/aromatic N) is 2. The molecule has 2 N–H and O–H groups in total. The molecule has 0 saturated carbocycles. The zero-order valence-electron chi connectivity index (χ0n) is 13.0. The largest absolute Gasteiger partial charge is 0.480 e. The lowest BCUT2D eigenvalue weighted by molar-refractivity contribution is -0.152. The first-order chi connectivity index (χ1) is 11.1. The van der Waals surface area contributed by atoms with Crippen LogP contribution in [0.4, 0.5) is 0 Å². The molecule has 2 atom stereocenters.